The van der Waals surface area contributed by atoms with Gasteiger partial charge < -0.3 is 5.32 Å². The highest BCUT2D eigenvalue weighted by molar-refractivity contribution is 5.90. The first kappa shape index (κ1) is 32.0. The second-order valence-electron chi connectivity index (χ2n) is 12.7. The number of nitrogens with zero attached hydrogens (tertiary/aromatic N) is 1. The van der Waals surface area contributed by atoms with Crippen LogP contribution in [0.4, 0.5) is 0 Å². The highest BCUT2D eigenvalue weighted by Gasteiger charge is 2.40. The van der Waals surface area contributed by atoms with Crippen LogP contribution in [0, 0.1) is 29.6 Å². The molecule has 2 aliphatic carbocycles. The van der Waals surface area contributed by atoms with Crippen LogP contribution < -0.4 is 10.6 Å². The van der Waals surface area contributed by atoms with Crippen molar-refractivity contribution in [1.29, 1.82) is 0 Å². The summed E-state index contributed by atoms with van der Waals surface area (Å²) in [6.07, 6.45) is 15.2. The fourth-order valence-electron chi connectivity index (χ4n) is 7.32. The number of aldehydes is 1. The van der Waals surface area contributed by atoms with E-state index < -0.39 is 6.04 Å². The minimum absolute atomic E-state index is 0.323. The van der Waals surface area contributed by atoms with E-state index >= 15 is 0 Å². The number of likely N-dealkylation sites (N-methyl/N-ethyl adjacent to an activating group) is 1. The van der Waals surface area contributed by atoms with E-state index in [1.807, 2.05) is 31.0 Å². The lowest BCUT2D eigenvalue weighted by Crippen LogP contribution is -2.50. The summed E-state index contributed by atoms with van der Waals surface area (Å²) in [6, 6.07) is 5.13. The van der Waals surface area contributed by atoms with E-state index in [0.29, 0.717) is 30.5 Å². The Morgan fingerprint density at radius 3 is 2.52 bits per heavy atom. The quantitative estimate of drug-likeness (QED) is 0.163. The lowest BCUT2D eigenvalue weighted by molar-refractivity contribution is -0.129. The fraction of sp³-hybridized carbons (Fsp3) is 0.676. The Kier molecular flexibility index (Phi) is 12.9. The lowest BCUT2D eigenvalue weighted by atomic mass is 9.62. The van der Waals surface area contributed by atoms with E-state index in [4.69, 9.17) is 0 Å². The minimum atomic E-state index is -0.450. The fourth-order valence-corrected chi connectivity index (χ4v) is 7.32. The standard InChI is InChI=1S/C34H51N3O3/c1-5-13-32(33(40)35-25-39)37(4)23-31-29(15-12-16-30(31)24-38)14-10-8-6-7-9-11-17-36-34(3)21-27-18-26(2)19-28(20-27)22-34/h12,15-16,24-28,32,36H,5-9,11,13,17-23H2,1-4H3,(H,35,39,40). The van der Waals surface area contributed by atoms with E-state index in [0.717, 1.165) is 61.0 Å². The number of benzene rings is 1. The van der Waals surface area contributed by atoms with Gasteiger partial charge in [-0.1, -0.05) is 57.1 Å². The van der Waals surface area contributed by atoms with Crippen molar-refractivity contribution in [3.63, 3.8) is 0 Å². The molecule has 3 unspecified atom stereocenters. The van der Waals surface area contributed by atoms with E-state index in [-0.39, 0.29) is 5.91 Å². The van der Waals surface area contributed by atoms with Gasteiger partial charge in [-0.3, -0.25) is 24.6 Å². The van der Waals surface area contributed by atoms with Crippen molar-refractivity contribution in [3.05, 3.63) is 34.9 Å². The molecule has 0 aliphatic heterocycles. The molecule has 0 aromatic heterocycles. The Hall–Kier alpha value is -2.49. The second-order valence-corrected chi connectivity index (χ2v) is 12.7. The molecule has 220 valence electrons. The van der Waals surface area contributed by atoms with Gasteiger partial charge >= 0.3 is 0 Å². The summed E-state index contributed by atoms with van der Waals surface area (Å²) < 4.78 is 0. The number of carbonyl (C=O) groups is 3. The van der Waals surface area contributed by atoms with Gasteiger partial charge in [0, 0.05) is 29.6 Å². The van der Waals surface area contributed by atoms with Gasteiger partial charge in [-0.15, -0.1) is 0 Å². The molecule has 2 amide bonds. The molecule has 2 saturated carbocycles. The zero-order valence-corrected chi connectivity index (χ0v) is 25.3. The molecule has 2 aliphatic rings. The van der Waals surface area contributed by atoms with Crippen molar-refractivity contribution in [2.45, 2.75) is 116 Å². The molecular weight excluding hydrogens is 498 g/mol. The average Bonchev–Trinajstić information content (AvgIpc) is 2.90. The summed E-state index contributed by atoms with van der Waals surface area (Å²) in [4.78, 5) is 36.9. The first-order valence-corrected chi connectivity index (χ1v) is 15.5. The Bertz CT molecular complexity index is 1020. The predicted molar refractivity (Wildman–Crippen MR) is 162 cm³/mol. The van der Waals surface area contributed by atoms with Crippen LogP contribution in [-0.4, -0.2) is 48.7 Å². The number of hydrogen-bond donors (Lipinski definition) is 2. The van der Waals surface area contributed by atoms with Crippen molar-refractivity contribution in [2.75, 3.05) is 13.6 Å². The van der Waals surface area contributed by atoms with Gasteiger partial charge in [0.1, 0.15) is 6.29 Å². The number of unbranched alkanes of at least 4 members (excludes halogenated alkanes) is 4. The normalized spacial score (nSPS) is 24.6. The SMILES string of the molecule is CCCC(C(=O)NC=O)N(C)Cc1c(C#CCCCCCCNC2(C)CC3CC(C)CC(C3)C2)cccc1C=O. The Morgan fingerprint density at radius 2 is 1.85 bits per heavy atom. The second kappa shape index (κ2) is 16.1. The summed E-state index contributed by atoms with van der Waals surface area (Å²) >= 11 is 0. The number of imide groups is 1. The zero-order chi connectivity index (χ0) is 29.0. The van der Waals surface area contributed by atoms with E-state index in [9.17, 15) is 14.4 Å². The molecule has 0 radical (unpaired) electrons. The molecule has 40 heavy (non-hydrogen) atoms. The third kappa shape index (κ3) is 9.56. The van der Waals surface area contributed by atoms with Gasteiger partial charge in [0.15, 0.2) is 0 Å². The molecule has 2 fully saturated rings. The van der Waals surface area contributed by atoms with Gasteiger partial charge in [0.2, 0.25) is 12.3 Å². The lowest BCUT2D eigenvalue weighted by Gasteiger charge is -2.47. The van der Waals surface area contributed by atoms with Crippen LogP contribution in [-0.2, 0) is 16.1 Å². The highest BCUT2D eigenvalue weighted by atomic mass is 16.2. The van der Waals surface area contributed by atoms with Crippen molar-refractivity contribution in [1.82, 2.24) is 15.5 Å². The zero-order valence-electron chi connectivity index (χ0n) is 25.3. The molecular formula is C34H51N3O3. The molecule has 1 aromatic carbocycles. The minimum Gasteiger partial charge on any atom is -0.311 e. The summed E-state index contributed by atoms with van der Waals surface area (Å²) in [5, 5.41) is 6.20. The van der Waals surface area contributed by atoms with Crippen LogP contribution in [0.15, 0.2) is 18.2 Å². The summed E-state index contributed by atoms with van der Waals surface area (Å²) in [6.45, 7) is 8.40. The van der Waals surface area contributed by atoms with Crippen LogP contribution in [0.1, 0.15) is 119 Å². The molecule has 0 saturated heterocycles. The van der Waals surface area contributed by atoms with Crippen LogP contribution in [0.5, 0.6) is 0 Å². The van der Waals surface area contributed by atoms with Crippen molar-refractivity contribution in [2.24, 2.45) is 17.8 Å². The maximum absolute atomic E-state index is 12.4. The Balaban J connectivity index is 1.44. The van der Waals surface area contributed by atoms with Gasteiger partial charge in [0.25, 0.3) is 0 Å². The Labute approximate surface area is 242 Å². The summed E-state index contributed by atoms with van der Waals surface area (Å²) in [5.41, 5.74) is 2.57. The number of amides is 2. The third-order valence-corrected chi connectivity index (χ3v) is 8.96. The first-order valence-electron chi connectivity index (χ1n) is 15.5. The van der Waals surface area contributed by atoms with Crippen LogP contribution >= 0.6 is 0 Å². The predicted octanol–water partition coefficient (Wildman–Crippen LogP) is 5.87. The first-order chi connectivity index (χ1) is 19.3. The van der Waals surface area contributed by atoms with Gasteiger partial charge in [-0.25, -0.2) is 0 Å². The smallest absolute Gasteiger partial charge is 0.243 e. The number of carbonyl (C=O) groups excluding carboxylic acids is 3. The van der Waals surface area contributed by atoms with Gasteiger partial charge in [0.05, 0.1) is 6.04 Å². The molecule has 3 rings (SSSR count). The largest absolute Gasteiger partial charge is 0.311 e. The summed E-state index contributed by atoms with van der Waals surface area (Å²) in [7, 11) is 1.85. The topological polar surface area (TPSA) is 78.5 Å². The number of rotatable bonds is 15. The molecule has 2 bridgehead atoms. The van der Waals surface area contributed by atoms with E-state index in [2.05, 4.69) is 36.3 Å². The maximum atomic E-state index is 12.4. The molecule has 6 heteroatoms. The van der Waals surface area contributed by atoms with Gasteiger partial charge in [-0.05, 0) is 101 Å². The number of nitrogens with one attached hydrogen (secondary N) is 2. The molecule has 2 N–H and O–H groups in total. The van der Waals surface area contributed by atoms with E-state index in [1.165, 1.54) is 51.4 Å². The molecule has 0 heterocycles. The van der Waals surface area contributed by atoms with Crippen molar-refractivity contribution in [3.8, 4) is 11.8 Å². The number of fused-ring (bicyclic) bond motifs is 2. The van der Waals surface area contributed by atoms with Crippen LogP contribution in [0.3, 0.4) is 0 Å². The molecule has 6 nitrogen and oxygen atoms in total. The van der Waals surface area contributed by atoms with Gasteiger partial charge in [-0.2, -0.15) is 0 Å². The maximum Gasteiger partial charge on any atom is 0.243 e. The Morgan fingerprint density at radius 1 is 1.12 bits per heavy atom. The molecule has 3 atom stereocenters. The summed E-state index contributed by atoms with van der Waals surface area (Å²) in [5.74, 6) is 9.04. The van der Waals surface area contributed by atoms with Crippen molar-refractivity contribution < 1.29 is 14.4 Å². The van der Waals surface area contributed by atoms with Crippen molar-refractivity contribution >= 4 is 18.6 Å². The van der Waals surface area contributed by atoms with Crippen LogP contribution in [0.25, 0.3) is 0 Å². The average molecular weight is 550 g/mol. The molecule has 1 aromatic rings. The van der Waals surface area contributed by atoms with E-state index in [1.54, 1.807) is 6.07 Å². The monoisotopic (exact) mass is 549 g/mol. The van der Waals surface area contributed by atoms with Crippen LogP contribution in [0.2, 0.25) is 0 Å². The molecule has 0 spiro atoms. The number of hydrogen-bond acceptors (Lipinski definition) is 5. The highest BCUT2D eigenvalue weighted by Crippen LogP contribution is 2.46. The third-order valence-electron chi connectivity index (χ3n) is 8.96.